The van der Waals surface area contributed by atoms with Crippen molar-refractivity contribution in [3.8, 4) is 22.8 Å². The van der Waals surface area contributed by atoms with Gasteiger partial charge in [-0.25, -0.2) is 13.4 Å². The van der Waals surface area contributed by atoms with Crippen LogP contribution in [0.15, 0.2) is 52.7 Å². The molecule has 1 fully saturated rings. The lowest BCUT2D eigenvalue weighted by molar-refractivity contribution is 0.102. The molecule has 1 N–H and O–H groups in total. The molecule has 0 radical (unpaired) electrons. The summed E-state index contributed by atoms with van der Waals surface area (Å²) in [7, 11) is -1.95. The summed E-state index contributed by atoms with van der Waals surface area (Å²) in [6, 6.07) is 11.6. The zero-order chi connectivity index (χ0) is 21.6. The number of hydrogen-bond donors (Lipinski definition) is 1. The van der Waals surface area contributed by atoms with Gasteiger partial charge in [0, 0.05) is 29.6 Å². The number of ether oxygens (including phenoxy) is 2. The second kappa shape index (κ2) is 7.63. The second-order valence-corrected chi connectivity index (χ2v) is 10.2. The first-order valence-electron chi connectivity index (χ1n) is 9.67. The fraction of sp³-hybridized carbons (Fsp3) is 0.238. The predicted octanol–water partition coefficient (Wildman–Crippen LogP) is 3.57. The van der Waals surface area contributed by atoms with E-state index < -0.39 is 10.0 Å². The molecule has 31 heavy (non-hydrogen) atoms. The molecule has 1 aliphatic heterocycles. The third-order valence-corrected chi connectivity index (χ3v) is 7.93. The minimum Gasteiger partial charge on any atom is -0.454 e. The fourth-order valence-corrected chi connectivity index (χ4v) is 5.40. The molecular weight excluding hydrogens is 438 g/mol. The van der Waals surface area contributed by atoms with E-state index in [1.807, 2.05) is 23.6 Å². The molecule has 1 aromatic heterocycles. The van der Waals surface area contributed by atoms with Gasteiger partial charge in [-0.15, -0.1) is 11.3 Å². The summed E-state index contributed by atoms with van der Waals surface area (Å²) in [5, 5.41) is 5.05. The monoisotopic (exact) mass is 457 g/mol. The standard InChI is InChI=1S/C21H19N3O5S2/c1-24(15-5-6-15)31(26,27)16-7-2-13(3-8-16)20(25)23-21-22-17(11-30-21)14-4-9-18-19(10-14)29-12-28-18/h2-4,7-11,15H,5-6,12H2,1H3,(H,22,23,25). The molecule has 10 heteroatoms. The molecule has 0 unspecified atom stereocenters. The van der Waals surface area contributed by atoms with Crippen LogP contribution in [0.4, 0.5) is 5.13 Å². The molecule has 2 heterocycles. The highest BCUT2D eigenvalue weighted by molar-refractivity contribution is 7.89. The van der Waals surface area contributed by atoms with Gasteiger partial charge in [-0.05, 0) is 55.3 Å². The van der Waals surface area contributed by atoms with E-state index in [4.69, 9.17) is 9.47 Å². The Kier molecular flexibility index (Phi) is 4.92. The number of sulfonamides is 1. The maximum absolute atomic E-state index is 12.6. The number of benzene rings is 2. The largest absolute Gasteiger partial charge is 0.454 e. The molecule has 0 spiro atoms. The van der Waals surface area contributed by atoms with Gasteiger partial charge in [0.25, 0.3) is 5.91 Å². The Labute approximate surface area is 183 Å². The first-order chi connectivity index (χ1) is 14.9. The molecule has 1 aliphatic carbocycles. The van der Waals surface area contributed by atoms with Crippen molar-refractivity contribution in [3.05, 3.63) is 53.4 Å². The average Bonchev–Trinajstić information content (AvgIpc) is 3.33. The van der Waals surface area contributed by atoms with Gasteiger partial charge in [-0.3, -0.25) is 10.1 Å². The number of fused-ring (bicyclic) bond motifs is 1. The minimum atomic E-state index is -3.54. The Morgan fingerprint density at radius 3 is 2.61 bits per heavy atom. The number of rotatable bonds is 6. The highest BCUT2D eigenvalue weighted by Gasteiger charge is 2.35. The van der Waals surface area contributed by atoms with Crippen LogP contribution in [0.25, 0.3) is 11.3 Å². The van der Waals surface area contributed by atoms with Gasteiger partial charge < -0.3 is 9.47 Å². The molecular formula is C21H19N3O5S2. The number of carbonyl (C=O) groups excluding carboxylic acids is 1. The maximum Gasteiger partial charge on any atom is 0.257 e. The zero-order valence-electron chi connectivity index (χ0n) is 16.6. The summed E-state index contributed by atoms with van der Waals surface area (Å²) in [6.45, 7) is 0.202. The molecule has 0 bridgehead atoms. The van der Waals surface area contributed by atoms with E-state index in [0.717, 1.165) is 18.4 Å². The second-order valence-electron chi connectivity index (χ2n) is 7.34. The van der Waals surface area contributed by atoms with Crippen LogP contribution in [0.1, 0.15) is 23.2 Å². The fourth-order valence-electron chi connectivity index (χ4n) is 3.27. The van der Waals surface area contributed by atoms with E-state index >= 15 is 0 Å². The average molecular weight is 458 g/mol. The zero-order valence-corrected chi connectivity index (χ0v) is 18.2. The lowest BCUT2D eigenvalue weighted by Gasteiger charge is -2.16. The number of carbonyl (C=O) groups is 1. The lowest BCUT2D eigenvalue weighted by atomic mass is 10.1. The summed E-state index contributed by atoms with van der Waals surface area (Å²) in [6.07, 6.45) is 1.77. The number of hydrogen-bond acceptors (Lipinski definition) is 7. The molecule has 8 nitrogen and oxygen atoms in total. The molecule has 3 aromatic rings. The van der Waals surface area contributed by atoms with Crippen molar-refractivity contribution in [1.82, 2.24) is 9.29 Å². The lowest BCUT2D eigenvalue weighted by Crippen LogP contribution is -2.29. The quantitative estimate of drug-likeness (QED) is 0.608. The van der Waals surface area contributed by atoms with Crippen molar-refractivity contribution in [1.29, 1.82) is 0 Å². The number of nitrogens with zero attached hydrogens (tertiary/aromatic N) is 2. The normalized spacial score (nSPS) is 15.3. The van der Waals surface area contributed by atoms with Crippen LogP contribution < -0.4 is 14.8 Å². The first-order valence-corrected chi connectivity index (χ1v) is 12.0. The molecule has 1 amide bonds. The molecule has 5 rings (SSSR count). The summed E-state index contributed by atoms with van der Waals surface area (Å²) in [4.78, 5) is 17.2. The van der Waals surface area contributed by atoms with E-state index in [9.17, 15) is 13.2 Å². The number of thiazole rings is 1. The molecule has 2 aromatic carbocycles. The Morgan fingerprint density at radius 1 is 1.13 bits per heavy atom. The Balaban J connectivity index is 1.28. The number of amides is 1. The summed E-state index contributed by atoms with van der Waals surface area (Å²) in [5.41, 5.74) is 1.92. The van der Waals surface area contributed by atoms with Gasteiger partial charge in [0.15, 0.2) is 16.6 Å². The smallest absolute Gasteiger partial charge is 0.257 e. The molecule has 0 saturated heterocycles. The van der Waals surface area contributed by atoms with Crippen molar-refractivity contribution < 1.29 is 22.7 Å². The number of nitrogens with one attached hydrogen (secondary N) is 1. The van der Waals surface area contributed by atoms with E-state index in [1.165, 1.54) is 39.9 Å². The van der Waals surface area contributed by atoms with E-state index in [0.29, 0.717) is 27.9 Å². The van der Waals surface area contributed by atoms with Crippen molar-refractivity contribution in [2.24, 2.45) is 0 Å². The van der Waals surface area contributed by atoms with Crippen LogP contribution in [-0.4, -0.2) is 43.5 Å². The molecule has 2 aliphatic rings. The Bertz CT molecular complexity index is 1250. The van der Waals surface area contributed by atoms with Gasteiger partial charge >= 0.3 is 0 Å². The van der Waals surface area contributed by atoms with Crippen LogP contribution in [0, 0.1) is 0 Å². The Hall–Kier alpha value is -2.95. The third kappa shape index (κ3) is 3.89. The van der Waals surface area contributed by atoms with Gasteiger partial charge in [-0.1, -0.05) is 0 Å². The predicted molar refractivity (Wildman–Crippen MR) is 116 cm³/mol. The highest BCUT2D eigenvalue weighted by Crippen LogP contribution is 2.36. The van der Waals surface area contributed by atoms with Gasteiger partial charge in [0.2, 0.25) is 16.8 Å². The summed E-state index contributed by atoms with van der Waals surface area (Å²) >= 11 is 1.30. The first kappa shape index (κ1) is 20.0. The van der Waals surface area contributed by atoms with Crippen LogP contribution in [0.2, 0.25) is 0 Å². The molecule has 1 saturated carbocycles. The summed E-state index contributed by atoms with van der Waals surface area (Å²) in [5.74, 6) is 1.01. The van der Waals surface area contributed by atoms with Crippen LogP contribution in [0.3, 0.4) is 0 Å². The number of aromatic nitrogens is 1. The van der Waals surface area contributed by atoms with Crippen molar-refractivity contribution >= 4 is 32.4 Å². The van der Waals surface area contributed by atoms with Crippen molar-refractivity contribution in [2.75, 3.05) is 19.2 Å². The minimum absolute atomic E-state index is 0.0804. The molecule has 0 atom stereocenters. The van der Waals surface area contributed by atoms with E-state index in [1.54, 1.807) is 7.05 Å². The van der Waals surface area contributed by atoms with Crippen LogP contribution in [0.5, 0.6) is 11.5 Å². The van der Waals surface area contributed by atoms with Crippen LogP contribution in [-0.2, 0) is 10.0 Å². The van der Waals surface area contributed by atoms with E-state index in [-0.39, 0.29) is 23.6 Å². The van der Waals surface area contributed by atoms with E-state index in [2.05, 4.69) is 10.3 Å². The third-order valence-electron chi connectivity index (χ3n) is 5.25. The van der Waals surface area contributed by atoms with Crippen molar-refractivity contribution in [3.63, 3.8) is 0 Å². The maximum atomic E-state index is 12.6. The Morgan fingerprint density at radius 2 is 1.87 bits per heavy atom. The van der Waals surface area contributed by atoms with Gasteiger partial charge in [-0.2, -0.15) is 4.31 Å². The van der Waals surface area contributed by atoms with Crippen molar-refractivity contribution in [2.45, 2.75) is 23.8 Å². The van der Waals surface area contributed by atoms with Gasteiger partial charge in [0.05, 0.1) is 10.6 Å². The summed E-state index contributed by atoms with van der Waals surface area (Å²) < 4.78 is 37.3. The number of anilines is 1. The topological polar surface area (TPSA) is 97.8 Å². The molecule has 160 valence electrons. The SMILES string of the molecule is CN(C1CC1)S(=O)(=O)c1ccc(C(=O)Nc2nc(-c3ccc4c(c3)OCO4)cs2)cc1. The highest BCUT2D eigenvalue weighted by atomic mass is 32.2. The van der Waals surface area contributed by atoms with Gasteiger partial charge in [0.1, 0.15) is 0 Å². The van der Waals surface area contributed by atoms with Crippen LogP contribution >= 0.6 is 11.3 Å².